The fraction of sp³-hybridized carbons (Fsp3) is 0.421. The van der Waals surface area contributed by atoms with Crippen molar-refractivity contribution in [2.24, 2.45) is 5.92 Å². The summed E-state index contributed by atoms with van der Waals surface area (Å²) in [6.07, 6.45) is 1.97. The Morgan fingerprint density at radius 1 is 1.14 bits per heavy atom. The number of benzene rings is 1. The highest BCUT2D eigenvalue weighted by Gasteiger charge is 2.08. The Labute approximate surface area is 133 Å². The average molecular weight is 298 g/mol. The topological polar surface area (TPSA) is 34.0 Å². The predicted molar refractivity (Wildman–Crippen MR) is 92.8 cm³/mol. The van der Waals surface area contributed by atoms with Crippen molar-refractivity contribution in [1.29, 1.82) is 0 Å². The molecule has 0 fully saturated rings. The molecule has 3 heteroatoms. The SMILES string of the molecule is Cc1ccc(-n2cc(CNCC(C)C)c(=O)cc2C)c(C)c1. The molecule has 0 radical (unpaired) electrons. The number of pyridine rings is 1. The molecule has 0 spiro atoms. The zero-order valence-corrected chi connectivity index (χ0v) is 14.2. The second kappa shape index (κ2) is 6.93. The molecule has 1 aromatic carbocycles. The molecule has 0 aliphatic carbocycles. The van der Waals surface area contributed by atoms with Crippen LogP contribution in [0.2, 0.25) is 0 Å². The zero-order chi connectivity index (χ0) is 16.3. The Bertz CT molecular complexity index is 714. The Morgan fingerprint density at radius 3 is 2.50 bits per heavy atom. The molecule has 0 saturated carbocycles. The summed E-state index contributed by atoms with van der Waals surface area (Å²) < 4.78 is 2.11. The second-order valence-electron chi connectivity index (χ2n) is 6.49. The first-order valence-corrected chi connectivity index (χ1v) is 7.89. The minimum Gasteiger partial charge on any atom is -0.320 e. The first-order valence-electron chi connectivity index (χ1n) is 7.89. The lowest BCUT2D eigenvalue weighted by Crippen LogP contribution is -2.24. The van der Waals surface area contributed by atoms with Gasteiger partial charge in [-0.1, -0.05) is 31.5 Å². The number of aromatic nitrogens is 1. The van der Waals surface area contributed by atoms with Crippen LogP contribution in [0.4, 0.5) is 0 Å². The van der Waals surface area contributed by atoms with Crippen molar-refractivity contribution in [2.45, 2.75) is 41.2 Å². The molecule has 2 rings (SSSR count). The van der Waals surface area contributed by atoms with Crippen LogP contribution in [0.3, 0.4) is 0 Å². The third-order valence-electron chi connectivity index (χ3n) is 3.80. The number of hydrogen-bond donors (Lipinski definition) is 1. The van der Waals surface area contributed by atoms with Crippen molar-refractivity contribution in [1.82, 2.24) is 9.88 Å². The lowest BCUT2D eigenvalue weighted by Gasteiger charge is -2.16. The lowest BCUT2D eigenvalue weighted by atomic mass is 10.1. The molecule has 22 heavy (non-hydrogen) atoms. The van der Waals surface area contributed by atoms with E-state index < -0.39 is 0 Å². The molecular formula is C19H26N2O. The number of hydrogen-bond acceptors (Lipinski definition) is 2. The molecule has 0 amide bonds. The van der Waals surface area contributed by atoms with E-state index in [1.165, 1.54) is 11.1 Å². The van der Waals surface area contributed by atoms with E-state index in [9.17, 15) is 4.79 Å². The quantitative estimate of drug-likeness (QED) is 0.916. The summed E-state index contributed by atoms with van der Waals surface area (Å²) in [6, 6.07) is 8.12. The Morgan fingerprint density at radius 2 is 1.86 bits per heavy atom. The average Bonchev–Trinajstić information content (AvgIpc) is 2.42. The van der Waals surface area contributed by atoms with Crippen LogP contribution < -0.4 is 10.7 Å². The first kappa shape index (κ1) is 16.5. The first-order chi connectivity index (χ1) is 10.4. The molecule has 2 aromatic rings. The summed E-state index contributed by atoms with van der Waals surface area (Å²) in [7, 11) is 0. The second-order valence-corrected chi connectivity index (χ2v) is 6.49. The highest BCUT2D eigenvalue weighted by atomic mass is 16.1. The van der Waals surface area contributed by atoms with Gasteiger partial charge in [0.05, 0.1) is 0 Å². The molecule has 0 aliphatic heterocycles. The van der Waals surface area contributed by atoms with Crippen LogP contribution in [0, 0.1) is 26.7 Å². The van der Waals surface area contributed by atoms with Gasteiger partial charge in [0.1, 0.15) is 0 Å². The van der Waals surface area contributed by atoms with Crippen LogP contribution in [0.5, 0.6) is 0 Å². The molecule has 0 unspecified atom stereocenters. The van der Waals surface area contributed by atoms with Gasteiger partial charge in [0.2, 0.25) is 0 Å². The fourth-order valence-corrected chi connectivity index (χ4v) is 2.64. The van der Waals surface area contributed by atoms with E-state index in [2.05, 4.69) is 55.8 Å². The maximum Gasteiger partial charge on any atom is 0.186 e. The Balaban J connectivity index is 2.37. The fourth-order valence-electron chi connectivity index (χ4n) is 2.64. The molecule has 1 heterocycles. The normalized spacial score (nSPS) is 11.2. The van der Waals surface area contributed by atoms with E-state index in [1.54, 1.807) is 6.07 Å². The van der Waals surface area contributed by atoms with Crippen LogP contribution in [0.25, 0.3) is 5.69 Å². The highest BCUT2D eigenvalue weighted by molar-refractivity contribution is 5.44. The van der Waals surface area contributed by atoms with E-state index >= 15 is 0 Å². The van der Waals surface area contributed by atoms with Gasteiger partial charge in [0.15, 0.2) is 5.43 Å². The van der Waals surface area contributed by atoms with Gasteiger partial charge >= 0.3 is 0 Å². The highest BCUT2D eigenvalue weighted by Crippen LogP contribution is 2.17. The summed E-state index contributed by atoms with van der Waals surface area (Å²) in [5.74, 6) is 0.576. The third kappa shape index (κ3) is 3.86. The monoisotopic (exact) mass is 298 g/mol. The molecule has 0 bridgehead atoms. The van der Waals surface area contributed by atoms with E-state index in [0.717, 1.165) is 23.5 Å². The third-order valence-corrected chi connectivity index (χ3v) is 3.80. The summed E-state index contributed by atoms with van der Waals surface area (Å²) in [5.41, 5.74) is 5.48. The van der Waals surface area contributed by atoms with Gasteiger partial charge in [-0.25, -0.2) is 0 Å². The molecule has 3 nitrogen and oxygen atoms in total. The molecular weight excluding hydrogens is 272 g/mol. The molecule has 1 aromatic heterocycles. The largest absolute Gasteiger partial charge is 0.320 e. The van der Waals surface area contributed by atoms with Crippen LogP contribution >= 0.6 is 0 Å². The Kier molecular flexibility index (Phi) is 5.19. The number of rotatable bonds is 5. The van der Waals surface area contributed by atoms with Crippen LogP contribution in [0.15, 0.2) is 35.3 Å². The standard InChI is InChI=1S/C19H26N2O/c1-13(2)10-20-11-17-12-21(16(5)9-19(17)22)18-7-6-14(3)8-15(18)4/h6-9,12-13,20H,10-11H2,1-5H3. The van der Waals surface area contributed by atoms with Crippen molar-refractivity contribution in [2.75, 3.05) is 6.54 Å². The lowest BCUT2D eigenvalue weighted by molar-refractivity contribution is 0.550. The maximum absolute atomic E-state index is 12.2. The van der Waals surface area contributed by atoms with Crippen molar-refractivity contribution in [3.63, 3.8) is 0 Å². The molecule has 118 valence electrons. The van der Waals surface area contributed by atoms with E-state index in [1.807, 2.05) is 13.1 Å². The van der Waals surface area contributed by atoms with E-state index in [-0.39, 0.29) is 5.43 Å². The van der Waals surface area contributed by atoms with Gasteiger partial charge in [0, 0.05) is 35.8 Å². The van der Waals surface area contributed by atoms with Gasteiger partial charge < -0.3 is 9.88 Å². The molecule has 1 N–H and O–H groups in total. The van der Waals surface area contributed by atoms with Crippen molar-refractivity contribution in [3.05, 3.63) is 63.1 Å². The minimum atomic E-state index is 0.106. The zero-order valence-electron chi connectivity index (χ0n) is 14.2. The van der Waals surface area contributed by atoms with Crippen LogP contribution in [-0.2, 0) is 6.54 Å². The molecule has 0 aliphatic rings. The smallest absolute Gasteiger partial charge is 0.186 e. The van der Waals surface area contributed by atoms with Gasteiger partial charge in [-0.3, -0.25) is 4.79 Å². The van der Waals surface area contributed by atoms with Crippen LogP contribution in [-0.4, -0.2) is 11.1 Å². The minimum absolute atomic E-state index is 0.106. The Hall–Kier alpha value is -1.87. The number of aryl methyl sites for hydroxylation is 3. The summed E-state index contributed by atoms with van der Waals surface area (Å²) in [6.45, 7) is 12.0. The van der Waals surface area contributed by atoms with Gasteiger partial charge in [0.25, 0.3) is 0 Å². The van der Waals surface area contributed by atoms with Gasteiger partial charge in [-0.2, -0.15) is 0 Å². The maximum atomic E-state index is 12.2. The number of nitrogens with zero attached hydrogens (tertiary/aromatic N) is 1. The number of nitrogens with one attached hydrogen (secondary N) is 1. The van der Waals surface area contributed by atoms with Crippen molar-refractivity contribution in [3.8, 4) is 5.69 Å². The summed E-state index contributed by atoms with van der Waals surface area (Å²) in [4.78, 5) is 12.2. The summed E-state index contributed by atoms with van der Waals surface area (Å²) >= 11 is 0. The van der Waals surface area contributed by atoms with Crippen molar-refractivity contribution < 1.29 is 0 Å². The van der Waals surface area contributed by atoms with Crippen molar-refractivity contribution >= 4 is 0 Å². The van der Waals surface area contributed by atoms with E-state index in [0.29, 0.717) is 12.5 Å². The summed E-state index contributed by atoms with van der Waals surface area (Å²) in [5, 5.41) is 3.35. The predicted octanol–water partition coefficient (Wildman–Crippen LogP) is 3.51. The molecule has 0 saturated heterocycles. The van der Waals surface area contributed by atoms with Gasteiger partial charge in [-0.15, -0.1) is 0 Å². The molecule has 0 atom stereocenters. The van der Waals surface area contributed by atoms with Crippen LogP contribution in [0.1, 0.15) is 36.2 Å². The van der Waals surface area contributed by atoms with Gasteiger partial charge in [-0.05, 0) is 44.9 Å². The van der Waals surface area contributed by atoms with E-state index in [4.69, 9.17) is 0 Å².